The van der Waals surface area contributed by atoms with Gasteiger partial charge in [0.1, 0.15) is 27.8 Å². The molecule has 5 nitrogen and oxygen atoms in total. The van der Waals surface area contributed by atoms with Gasteiger partial charge in [0.2, 0.25) is 5.89 Å². The van der Waals surface area contributed by atoms with Crippen LogP contribution in [0.25, 0.3) is 86.6 Å². The van der Waals surface area contributed by atoms with Gasteiger partial charge < -0.3 is 18.2 Å². The molecule has 4 aromatic heterocycles. The number of nitrogens with zero attached hydrogens (tertiary/aromatic N) is 2. The zero-order valence-electron chi connectivity index (χ0n) is 25.9. The second-order valence-corrected chi connectivity index (χ2v) is 13.5. The van der Waals surface area contributed by atoms with Gasteiger partial charge in [0.15, 0.2) is 5.58 Å². The zero-order chi connectivity index (χ0) is 32.1. The Hall–Kier alpha value is -6.37. The van der Waals surface area contributed by atoms with Crippen molar-refractivity contribution in [1.82, 2.24) is 4.98 Å². The van der Waals surface area contributed by atoms with Gasteiger partial charge in [0.25, 0.3) is 0 Å². The monoisotopic (exact) mass is 648 g/mol. The standard InChI is InChI=1S/C43H24N2O3S/c1-2-8-25(9-3-1)43-44-35-24-39-33(23-40(35)48-43)32-20-26(15-18-37(32)47-39)45(27-16-19-42-34(21-27)31-11-5-7-13-41(31)49-42)28-14-17-30-29-10-4-6-12-36(29)46-38(30)22-28/h1-24H. The summed E-state index contributed by atoms with van der Waals surface area (Å²) in [5.74, 6) is 0.594. The summed E-state index contributed by atoms with van der Waals surface area (Å²) < 4.78 is 21.6. The van der Waals surface area contributed by atoms with Crippen LogP contribution in [0.5, 0.6) is 0 Å². The zero-order valence-corrected chi connectivity index (χ0v) is 26.7. The minimum atomic E-state index is 0.594. The molecule has 0 unspecified atom stereocenters. The molecule has 0 N–H and O–H groups in total. The molecule has 0 aliphatic rings. The summed E-state index contributed by atoms with van der Waals surface area (Å²) in [5.41, 5.74) is 8.81. The average molecular weight is 649 g/mol. The molecular weight excluding hydrogens is 625 g/mol. The van der Waals surface area contributed by atoms with Gasteiger partial charge in [-0.3, -0.25) is 0 Å². The van der Waals surface area contributed by atoms with Crippen molar-refractivity contribution in [1.29, 1.82) is 0 Å². The smallest absolute Gasteiger partial charge is 0.227 e. The number of hydrogen-bond donors (Lipinski definition) is 0. The average Bonchev–Trinajstić information content (AvgIpc) is 3.92. The van der Waals surface area contributed by atoms with Gasteiger partial charge in [0.05, 0.1) is 0 Å². The number of benzene rings is 7. The van der Waals surface area contributed by atoms with E-state index >= 15 is 0 Å². The number of para-hydroxylation sites is 1. The van der Waals surface area contributed by atoms with Gasteiger partial charge in [-0.2, -0.15) is 0 Å². The lowest BCUT2D eigenvalue weighted by molar-refractivity contribution is 0.620. The first-order valence-electron chi connectivity index (χ1n) is 16.2. The highest BCUT2D eigenvalue weighted by atomic mass is 32.1. The highest BCUT2D eigenvalue weighted by Crippen LogP contribution is 2.44. The van der Waals surface area contributed by atoms with E-state index in [9.17, 15) is 0 Å². The van der Waals surface area contributed by atoms with Gasteiger partial charge >= 0.3 is 0 Å². The molecule has 0 saturated heterocycles. The van der Waals surface area contributed by atoms with Crippen molar-refractivity contribution >= 4 is 104 Å². The van der Waals surface area contributed by atoms with Crippen LogP contribution in [-0.4, -0.2) is 4.98 Å². The van der Waals surface area contributed by atoms with Crippen LogP contribution >= 0.6 is 11.3 Å². The van der Waals surface area contributed by atoms with E-state index in [1.165, 1.54) is 20.2 Å². The Kier molecular flexibility index (Phi) is 5.48. The minimum Gasteiger partial charge on any atom is -0.456 e. The quantitative estimate of drug-likeness (QED) is 0.190. The summed E-state index contributed by atoms with van der Waals surface area (Å²) >= 11 is 1.82. The van der Waals surface area contributed by atoms with E-state index in [0.29, 0.717) is 5.89 Å². The van der Waals surface area contributed by atoms with Crippen LogP contribution < -0.4 is 4.90 Å². The molecule has 0 spiro atoms. The molecule has 0 aliphatic carbocycles. The van der Waals surface area contributed by atoms with E-state index < -0.39 is 0 Å². The first-order chi connectivity index (χ1) is 24.2. The van der Waals surface area contributed by atoms with Gasteiger partial charge in [-0.05, 0) is 78.9 Å². The van der Waals surface area contributed by atoms with Crippen molar-refractivity contribution in [2.24, 2.45) is 0 Å². The van der Waals surface area contributed by atoms with E-state index in [1.807, 2.05) is 65.9 Å². The van der Waals surface area contributed by atoms with Crippen LogP contribution in [0.4, 0.5) is 17.1 Å². The molecule has 0 amide bonds. The lowest BCUT2D eigenvalue weighted by atomic mass is 10.1. The van der Waals surface area contributed by atoms with Crippen LogP contribution in [0.2, 0.25) is 0 Å². The summed E-state index contributed by atoms with van der Waals surface area (Å²) in [6, 6.07) is 50.4. The van der Waals surface area contributed by atoms with Gasteiger partial charge in [-0.25, -0.2) is 4.98 Å². The molecule has 7 aromatic carbocycles. The Bertz CT molecular complexity index is 3070. The van der Waals surface area contributed by atoms with E-state index in [1.54, 1.807) is 0 Å². The fourth-order valence-electron chi connectivity index (χ4n) is 7.18. The minimum absolute atomic E-state index is 0.594. The molecule has 49 heavy (non-hydrogen) atoms. The molecule has 230 valence electrons. The Labute approximate surface area is 282 Å². The number of aromatic nitrogens is 1. The van der Waals surface area contributed by atoms with Crippen LogP contribution in [0, 0.1) is 0 Å². The predicted molar refractivity (Wildman–Crippen MR) is 202 cm³/mol. The van der Waals surface area contributed by atoms with Crippen molar-refractivity contribution in [3.8, 4) is 11.5 Å². The number of thiophene rings is 1. The Morgan fingerprint density at radius 2 is 1.04 bits per heavy atom. The number of furan rings is 2. The topological polar surface area (TPSA) is 55.6 Å². The lowest BCUT2D eigenvalue weighted by Crippen LogP contribution is -2.09. The van der Waals surface area contributed by atoms with E-state index in [2.05, 4.69) is 95.9 Å². The van der Waals surface area contributed by atoms with Crippen LogP contribution in [-0.2, 0) is 0 Å². The molecule has 0 saturated carbocycles. The Balaban J connectivity index is 1.12. The van der Waals surface area contributed by atoms with E-state index in [4.69, 9.17) is 18.2 Å². The molecule has 4 heterocycles. The van der Waals surface area contributed by atoms with Crippen molar-refractivity contribution in [2.75, 3.05) is 4.90 Å². The predicted octanol–water partition coefficient (Wildman–Crippen LogP) is 13.1. The Morgan fingerprint density at radius 1 is 0.408 bits per heavy atom. The molecule has 0 atom stereocenters. The summed E-state index contributed by atoms with van der Waals surface area (Å²) in [5, 5.41) is 6.70. The SMILES string of the molecule is c1ccc(-c2nc3cc4oc5ccc(N(c6ccc7c(c6)oc6ccccc67)c6ccc7sc8ccccc8c7c6)cc5c4cc3o2)cc1. The Morgan fingerprint density at radius 3 is 1.94 bits per heavy atom. The van der Waals surface area contributed by atoms with Crippen molar-refractivity contribution in [3.05, 3.63) is 146 Å². The lowest BCUT2D eigenvalue weighted by Gasteiger charge is -2.25. The molecular formula is C43H24N2O3S. The molecule has 6 heteroatoms. The molecule has 0 fully saturated rings. The van der Waals surface area contributed by atoms with Crippen LogP contribution in [0.3, 0.4) is 0 Å². The molecule has 0 bridgehead atoms. The summed E-state index contributed by atoms with van der Waals surface area (Å²) in [6.07, 6.45) is 0. The largest absolute Gasteiger partial charge is 0.456 e. The maximum atomic E-state index is 6.39. The maximum absolute atomic E-state index is 6.39. The van der Waals surface area contributed by atoms with Crippen molar-refractivity contribution in [2.45, 2.75) is 0 Å². The third-order valence-electron chi connectivity index (χ3n) is 9.48. The molecule has 11 rings (SSSR count). The normalized spacial score (nSPS) is 12.1. The van der Waals surface area contributed by atoms with Crippen molar-refractivity contribution < 1.29 is 13.3 Å². The fraction of sp³-hybridized carbons (Fsp3) is 0. The van der Waals surface area contributed by atoms with Crippen molar-refractivity contribution in [3.63, 3.8) is 0 Å². The van der Waals surface area contributed by atoms with Crippen LogP contribution in [0.15, 0.2) is 159 Å². The second kappa shape index (κ2) is 10.1. The number of oxazole rings is 1. The molecule has 0 radical (unpaired) electrons. The van der Waals surface area contributed by atoms with E-state index in [-0.39, 0.29) is 0 Å². The highest BCUT2D eigenvalue weighted by Gasteiger charge is 2.20. The molecule has 0 aliphatic heterocycles. The summed E-state index contributed by atoms with van der Waals surface area (Å²) in [6.45, 7) is 0. The molecule has 11 aromatic rings. The first-order valence-corrected chi connectivity index (χ1v) is 17.0. The first kappa shape index (κ1) is 26.7. The second-order valence-electron chi connectivity index (χ2n) is 12.4. The summed E-state index contributed by atoms with van der Waals surface area (Å²) in [4.78, 5) is 7.07. The van der Waals surface area contributed by atoms with E-state index in [0.717, 1.165) is 77.6 Å². The number of fused-ring (bicyclic) bond motifs is 10. The van der Waals surface area contributed by atoms with Gasteiger partial charge in [-0.15, -0.1) is 11.3 Å². The number of anilines is 3. The third-order valence-corrected chi connectivity index (χ3v) is 10.6. The third kappa shape index (κ3) is 4.08. The summed E-state index contributed by atoms with van der Waals surface area (Å²) in [7, 11) is 0. The number of rotatable bonds is 4. The highest BCUT2D eigenvalue weighted by molar-refractivity contribution is 7.25. The maximum Gasteiger partial charge on any atom is 0.227 e. The van der Waals surface area contributed by atoms with Crippen LogP contribution in [0.1, 0.15) is 0 Å². The fourth-order valence-corrected chi connectivity index (χ4v) is 8.27. The number of hydrogen-bond acceptors (Lipinski definition) is 6. The van der Waals surface area contributed by atoms with Gasteiger partial charge in [0, 0.05) is 76.5 Å². The van der Waals surface area contributed by atoms with Gasteiger partial charge in [-0.1, -0.05) is 54.6 Å².